The number of aliphatic imine (C=N–C) groups is 2. The van der Waals surface area contributed by atoms with Gasteiger partial charge in [0.1, 0.15) is 23.2 Å². The van der Waals surface area contributed by atoms with Gasteiger partial charge in [0, 0.05) is 27.4 Å². The fourth-order valence-corrected chi connectivity index (χ4v) is 9.82. The molecule has 0 bridgehead atoms. The molecule has 2 aliphatic heterocycles. The van der Waals surface area contributed by atoms with Crippen LogP contribution in [-0.2, 0) is 4.57 Å². The summed E-state index contributed by atoms with van der Waals surface area (Å²) in [5.74, 6) is 2.68. The molecule has 2 aliphatic rings. The smallest absolute Gasteiger partial charge is 0.179 e. The van der Waals surface area contributed by atoms with Gasteiger partial charge in [0.2, 0.25) is 0 Å². The van der Waals surface area contributed by atoms with Gasteiger partial charge >= 0.3 is 0 Å². The second kappa shape index (κ2) is 10.9. The van der Waals surface area contributed by atoms with Crippen LogP contribution in [-0.4, -0.2) is 11.7 Å². The minimum atomic E-state index is -3.38. The summed E-state index contributed by atoms with van der Waals surface area (Å²) in [5, 5.41) is 9.64. The van der Waals surface area contributed by atoms with Crippen molar-refractivity contribution in [3.05, 3.63) is 174 Å². The Bertz CT molecular complexity index is 2390. The molecule has 0 saturated carbocycles. The molecule has 7 aromatic carbocycles. The van der Waals surface area contributed by atoms with Crippen LogP contribution in [0.5, 0.6) is 11.5 Å². The molecule has 7 aromatic rings. The summed E-state index contributed by atoms with van der Waals surface area (Å²) in [4.78, 5) is 10.1. The summed E-state index contributed by atoms with van der Waals surface area (Å²) in [6, 6.07) is 52.3. The van der Waals surface area contributed by atoms with Crippen molar-refractivity contribution < 1.29 is 9.30 Å². The molecule has 224 valence electrons. The van der Waals surface area contributed by atoms with Gasteiger partial charge in [-0.3, -0.25) is 0 Å². The Morgan fingerprint density at radius 3 is 1.68 bits per heavy atom. The van der Waals surface area contributed by atoms with Gasteiger partial charge in [-0.05, 0) is 28.3 Å². The molecule has 0 spiro atoms. The molecule has 5 nitrogen and oxygen atoms in total. The second-order valence-corrected chi connectivity index (χ2v) is 14.4. The lowest BCUT2D eigenvalue weighted by Gasteiger charge is -2.32. The van der Waals surface area contributed by atoms with Crippen molar-refractivity contribution in [1.82, 2.24) is 5.32 Å². The summed E-state index contributed by atoms with van der Waals surface area (Å²) >= 11 is 0. The van der Waals surface area contributed by atoms with Crippen LogP contribution >= 0.6 is 7.14 Å². The average molecular weight is 626 g/mol. The molecule has 0 amide bonds. The van der Waals surface area contributed by atoms with E-state index in [4.69, 9.17) is 14.7 Å². The van der Waals surface area contributed by atoms with Crippen molar-refractivity contribution in [1.29, 1.82) is 0 Å². The molecule has 1 N–H and O–H groups in total. The highest BCUT2D eigenvalue weighted by Gasteiger charge is 2.42. The average Bonchev–Trinajstić information content (AvgIpc) is 3.15. The van der Waals surface area contributed by atoms with E-state index in [2.05, 4.69) is 29.6 Å². The fourth-order valence-electron chi connectivity index (χ4n) is 6.76. The van der Waals surface area contributed by atoms with Gasteiger partial charge in [0.15, 0.2) is 13.3 Å². The van der Waals surface area contributed by atoms with Crippen LogP contribution in [0.3, 0.4) is 0 Å². The van der Waals surface area contributed by atoms with Gasteiger partial charge < -0.3 is 14.6 Å². The number of rotatable bonds is 4. The molecule has 0 fully saturated rings. The van der Waals surface area contributed by atoms with Crippen LogP contribution in [0.15, 0.2) is 168 Å². The van der Waals surface area contributed by atoms with E-state index in [1.807, 2.05) is 133 Å². The molecule has 1 unspecified atom stereocenters. The Morgan fingerprint density at radius 2 is 1.06 bits per heavy atom. The zero-order valence-corrected chi connectivity index (χ0v) is 26.1. The molecule has 0 aromatic heterocycles. The van der Waals surface area contributed by atoms with Crippen molar-refractivity contribution in [3.63, 3.8) is 0 Å². The van der Waals surface area contributed by atoms with Crippen LogP contribution in [0.4, 0.5) is 0 Å². The number of hydrogen-bond acceptors (Lipinski definition) is 5. The number of ether oxygens (including phenoxy) is 1. The van der Waals surface area contributed by atoms with E-state index in [9.17, 15) is 0 Å². The van der Waals surface area contributed by atoms with E-state index in [1.165, 1.54) is 0 Å². The normalized spacial score (nSPS) is 17.2. The van der Waals surface area contributed by atoms with Gasteiger partial charge in [0.05, 0.1) is 10.6 Å². The highest BCUT2D eigenvalue weighted by Crippen LogP contribution is 2.55. The Labute approximate surface area is 272 Å². The van der Waals surface area contributed by atoms with E-state index in [-0.39, 0.29) is 0 Å². The Kier molecular flexibility index (Phi) is 6.41. The molecule has 47 heavy (non-hydrogen) atoms. The lowest BCUT2D eigenvalue weighted by Crippen LogP contribution is -2.36. The van der Waals surface area contributed by atoms with E-state index in [0.717, 1.165) is 60.5 Å². The van der Waals surface area contributed by atoms with Crippen molar-refractivity contribution in [2.45, 2.75) is 6.17 Å². The van der Waals surface area contributed by atoms with Crippen LogP contribution in [0.2, 0.25) is 0 Å². The third-order valence-corrected chi connectivity index (χ3v) is 12.1. The monoisotopic (exact) mass is 625 g/mol. The van der Waals surface area contributed by atoms with E-state index in [0.29, 0.717) is 16.8 Å². The summed E-state index contributed by atoms with van der Waals surface area (Å²) in [7, 11) is -3.38. The van der Waals surface area contributed by atoms with Gasteiger partial charge in [-0.2, -0.15) is 0 Å². The first kappa shape index (κ1) is 27.5. The SMILES string of the molecule is O=P1(c2ccccc2)c2ccc(C3N=C(c4ccccc4)NC(c4ccccc4)=N3)cc2Oc2c1c1ccccc1c1ccccc21. The maximum atomic E-state index is 16.0. The quantitative estimate of drug-likeness (QED) is 0.158. The van der Waals surface area contributed by atoms with Crippen LogP contribution in [0, 0.1) is 0 Å². The molecule has 1 atom stereocenters. The molecule has 0 saturated heterocycles. The highest BCUT2D eigenvalue weighted by molar-refractivity contribution is 7.86. The first-order valence-electron chi connectivity index (χ1n) is 15.6. The molecule has 0 aliphatic carbocycles. The van der Waals surface area contributed by atoms with Crippen molar-refractivity contribution in [3.8, 4) is 11.5 Å². The zero-order valence-electron chi connectivity index (χ0n) is 25.2. The summed E-state index contributed by atoms with van der Waals surface area (Å²) in [6.07, 6.45) is -0.540. The lowest BCUT2D eigenvalue weighted by molar-refractivity contribution is 0.490. The van der Waals surface area contributed by atoms with Gasteiger partial charge in [-0.1, -0.05) is 146 Å². The fraction of sp³-hybridized carbons (Fsp3) is 0.0244. The number of amidine groups is 2. The van der Waals surface area contributed by atoms with Gasteiger partial charge in [-0.15, -0.1) is 0 Å². The van der Waals surface area contributed by atoms with Gasteiger partial charge in [0.25, 0.3) is 0 Å². The predicted molar refractivity (Wildman–Crippen MR) is 193 cm³/mol. The number of nitrogens with zero attached hydrogens (tertiary/aromatic N) is 2. The van der Waals surface area contributed by atoms with Crippen molar-refractivity contribution >= 4 is 56.3 Å². The van der Waals surface area contributed by atoms with Crippen LogP contribution in [0.25, 0.3) is 21.5 Å². The first-order valence-corrected chi connectivity index (χ1v) is 17.3. The zero-order chi connectivity index (χ0) is 31.4. The largest absolute Gasteiger partial charge is 0.455 e. The Hall–Kier alpha value is -5.77. The van der Waals surface area contributed by atoms with Crippen molar-refractivity contribution in [2.75, 3.05) is 0 Å². The Balaban J connectivity index is 1.27. The van der Waals surface area contributed by atoms with E-state index in [1.54, 1.807) is 0 Å². The van der Waals surface area contributed by atoms with E-state index < -0.39 is 13.3 Å². The predicted octanol–water partition coefficient (Wildman–Crippen LogP) is 8.23. The van der Waals surface area contributed by atoms with Crippen LogP contribution in [0.1, 0.15) is 22.9 Å². The summed E-state index contributed by atoms with van der Waals surface area (Å²) < 4.78 is 22.8. The minimum absolute atomic E-state index is 0.540. The number of fused-ring (bicyclic) bond motifs is 7. The minimum Gasteiger partial charge on any atom is -0.455 e. The van der Waals surface area contributed by atoms with E-state index >= 15 is 4.57 Å². The standard InChI is InChI=1S/C41H28N3O2P/c45-47(30-18-8-3-9-19-30)36-25-24-29(41-43-39(27-14-4-1-5-15-27)42-40(44-41)28-16-6-2-7-17-28)26-35(36)46-37-33-22-12-10-20-31(33)32-21-11-13-23-34(32)38(37)47/h1-26,41H,(H,42,43,44). The second-order valence-electron chi connectivity index (χ2n) is 11.7. The Morgan fingerprint density at radius 1 is 0.553 bits per heavy atom. The molecular formula is C41H28N3O2P. The first-order chi connectivity index (χ1) is 23.2. The molecule has 9 rings (SSSR count). The highest BCUT2D eigenvalue weighted by atomic mass is 31.2. The number of hydrogen-bond donors (Lipinski definition) is 1. The molecule has 2 heterocycles. The molecular weight excluding hydrogens is 597 g/mol. The summed E-state index contributed by atoms with van der Waals surface area (Å²) in [5.41, 5.74) is 2.78. The topological polar surface area (TPSA) is 63.0 Å². The third-order valence-electron chi connectivity index (χ3n) is 8.96. The van der Waals surface area contributed by atoms with Gasteiger partial charge in [-0.25, -0.2) is 9.98 Å². The lowest BCUT2D eigenvalue weighted by atomic mass is 10.0. The third kappa shape index (κ3) is 4.43. The number of benzene rings is 7. The summed E-state index contributed by atoms with van der Waals surface area (Å²) in [6.45, 7) is 0. The maximum absolute atomic E-state index is 16.0. The maximum Gasteiger partial charge on any atom is 0.179 e. The molecule has 6 heteroatoms. The number of nitrogens with one attached hydrogen (secondary N) is 1. The van der Waals surface area contributed by atoms with Crippen LogP contribution < -0.4 is 26.0 Å². The molecule has 0 radical (unpaired) electrons. The van der Waals surface area contributed by atoms with Crippen molar-refractivity contribution in [2.24, 2.45) is 9.98 Å².